The Labute approximate surface area is 202 Å². The van der Waals surface area contributed by atoms with E-state index in [4.69, 9.17) is 11.6 Å². The summed E-state index contributed by atoms with van der Waals surface area (Å²) >= 11 is 9.43. The summed E-state index contributed by atoms with van der Waals surface area (Å²) in [6.07, 6.45) is 1.18. The highest BCUT2D eigenvalue weighted by Gasteiger charge is 2.34. The van der Waals surface area contributed by atoms with Crippen molar-refractivity contribution in [1.29, 1.82) is 0 Å². The Kier molecular flexibility index (Phi) is 7.33. The fourth-order valence-electron chi connectivity index (χ4n) is 4.21. The van der Waals surface area contributed by atoms with Crippen LogP contribution in [0.1, 0.15) is 40.8 Å². The molecule has 32 heavy (non-hydrogen) atoms. The van der Waals surface area contributed by atoms with Crippen LogP contribution in [0.5, 0.6) is 0 Å². The number of thiophene rings is 2. The maximum atomic E-state index is 13.6. The summed E-state index contributed by atoms with van der Waals surface area (Å²) in [5, 5.41) is 4.75. The molecule has 1 aliphatic heterocycles. The predicted molar refractivity (Wildman–Crippen MR) is 132 cm³/mol. The number of amides is 2. The van der Waals surface area contributed by atoms with Gasteiger partial charge in [0.05, 0.1) is 19.0 Å². The highest BCUT2D eigenvalue weighted by molar-refractivity contribution is 7.10. The summed E-state index contributed by atoms with van der Waals surface area (Å²) in [5.74, 6) is 0.278. The fraction of sp³-hybridized carbons (Fsp3) is 0.360. The second kappa shape index (κ2) is 10.2. The van der Waals surface area contributed by atoms with Crippen LogP contribution in [0.25, 0.3) is 0 Å². The summed E-state index contributed by atoms with van der Waals surface area (Å²) in [7, 11) is 0. The Morgan fingerprint density at radius 2 is 1.91 bits per heavy atom. The van der Waals surface area contributed by atoms with Crippen LogP contribution in [-0.2, 0) is 22.4 Å². The van der Waals surface area contributed by atoms with E-state index in [0.717, 1.165) is 16.9 Å². The van der Waals surface area contributed by atoms with Crippen molar-refractivity contribution < 1.29 is 9.59 Å². The Morgan fingerprint density at radius 3 is 2.59 bits per heavy atom. The summed E-state index contributed by atoms with van der Waals surface area (Å²) in [6.45, 7) is 5.47. The molecule has 1 aromatic carbocycles. The van der Waals surface area contributed by atoms with E-state index in [1.165, 1.54) is 10.4 Å². The van der Waals surface area contributed by atoms with Crippen LogP contribution in [0.4, 0.5) is 0 Å². The Balaban J connectivity index is 1.57. The van der Waals surface area contributed by atoms with E-state index >= 15 is 0 Å². The highest BCUT2D eigenvalue weighted by atomic mass is 35.5. The van der Waals surface area contributed by atoms with Gasteiger partial charge in [-0.2, -0.15) is 0 Å². The van der Waals surface area contributed by atoms with Gasteiger partial charge in [0.2, 0.25) is 11.8 Å². The molecule has 168 valence electrons. The van der Waals surface area contributed by atoms with Crippen LogP contribution in [0.2, 0.25) is 5.02 Å². The molecule has 0 aliphatic carbocycles. The average Bonchev–Trinajstić information content (AvgIpc) is 3.44. The second-order valence-electron chi connectivity index (χ2n) is 8.51. The van der Waals surface area contributed by atoms with Gasteiger partial charge in [0, 0.05) is 27.9 Å². The quantitative estimate of drug-likeness (QED) is 0.432. The molecule has 3 heterocycles. The zero-order valence-electron chi connectivity index (χ0n) is 18.3. The molecule has 2 aromatic heterocycles. The lowest BCUT2D eigenvalue weighted by molar-refractivity contribution is -0.141. The van der Waals surface area contributed by atoms with Crippen molar-refractivity contribution >= 4 is 46.1 Å². The van der Waals surface area contributed by atoms with Crippen LogP contribution in [-0.4, -0.2) is 41.2 Å². The molecule has 1 atom stereocenters. The van der Waals surface area contributed by atoms with E-state index in [-0.39, 0.29) is 30.3 Å². The molecule has 0 saturated carbocycles. The summed E-state index contributed by atoms with van der Waals surface area (Å²) < 4.78 is 0. The van der Waals surface area contributed by atoms with Crippen LogP contribution < -0.4 is 0 Å². The Hall–Kier alpha value is -2.15. The van der Waals surface area contributed by atoms with E-state index in [1.54, 1.807) is 27.6 Å². The average molecular weight is 487 g/mol. The largest absolute Gasteiger partial charge is 0.333 e. The number of carbonyl (C=O) groups excluding carboxylic acids is 2. The van der Waals surface area contributed by atoms with Gasteiger partial charge in [0.15, 0.2) is 0 Å². The molecule has 0 spiro atoms. The van der Waals surface area contributed by atoms with Crippen molar-refractivity contribution in [2.75, 3.05) is 19.6 Å². The van der Waals surface area contributed by atoms with Crippen molar-refractivity contribution in [3.63, 3.8) is 0 Å². The van der Waals surface area contributed by atoms with Gasteiger partial charge >= 0.3 is 0 Å². The molecular weight excluding hydrogens is 460 g/mol. The Bertz CT molecular complexity index is 1060. The molecular formula is C25H27ClN2O2S2. The molecule has 4 rings (SSSR count). The number of carbonyl (C=O) groups is 2. The fourth-order valence-corrected chi connectivity index (χ4v) is 5.94. The standard InChI is InChI=1S/C25H27ClN2O2S2/c1-17(2)15-27(23(29)14-20-4-3-12-31-20)16-24(30)28-11-9-22-21(10-13-32-22)25(28)18-5-7-19(26)8-6-18/h3-8,10,12-13,17,25H,9,11,14-16H2,1-2H3. The molecule has 0 fully saturated rings. The monoisotopic (exact) mass is 486 g/mol. The van der Waals surface area contributed by atoms with Gasteiger partial charge in [0.25, 0.3) is 0 Å². The van der Waals surface area contributed by atoms with Gasteiger partial charge in [-0.05, 0) is 58.5 Å². The lowest BCUT2D eigenvalue weighted by Gasteiger charge is -2.38. The van der Waals surface area contributed by atoms with Crippen LogP contribution in [0.3, 0.4) is 0 Å². The van der Waals surface area contributed by atoms with E-state index in [2.05, 4.69) is 25.3 Å². The third-order valence-corrected chi connectivity index (χ3v) is 7.77. The first kappa shape index (κ1) is 23.0. The molecule has 7 heteroatoms. The summed E-state index contributed by atoms with van der Waals surface area (Å²) in [4.78, 5) is 32.7. The van der Waals surface area contributed by atoms with Gasteiger partial charge in [-0.15, -0.1) is 22.7 Å². The van der Waals surface area contributed by atoms with Crippen molar-refractivity contribution in [2.24, 2.45) is 5.92 Å². The lowest BCUT2D eigenvalue weighted by atomic mass is 9.93. The van der Waals surface area contributed by atoms with Gasteiger partial charge in [0.1, 0.15) is 0 Å². The normalized spacial score (nSPS) is 15.6. The minimum absolute atomic E-state index is 0.00535. The van der Waals surface area contributed by atoms with Crippen LogP contribution >= 0.6 is 34.3 Å². The van der Waals surface area contributed by atoms with Gasteiger partial charge in [-0.25, -0.2) is 0 Å². The molecule has 1 aliphatic rings. The second-order valence-corrected chi connectivity index (χ2v) is 11.0. The number of hydrogen-bond donors (Lipinski definition) is 0. The van der Waals surface area contributed by atoms with E-state index < -0.39 is 0 Å². The maximum absolute atomic E-state index is 13.6. The van der Waals surface area contributed by atoms with Gasteiger partial charge < -0.3 is 9.80 Å². The highest BCUT2D eigenvalue weighted by Crippen LogP contribution is 2.38. The number of benzene rings is 1. The molecule has 0 N–H and O–H groups in total. The molecule has 3 aromatic rings. The smallest absolute Gasteiger partial charge is 0.242 e. The molecule has 4 nitrogen and oxygen atoms in total. The molecule has 1 unspecified atom stereocenters. The van der Waals surface area contributed by atoms with Gasteiger partial charge in [-0.1, -0.05) is 43.6 Å². The maximum Gasteiger partial charge on any atom is 0.242 e. The van der Waals surface area contributed by atoms with Crippen LogP contribution in [0.15, 0.2) is 53.2 Å². The van der Waals surface area contributed by atoms with Crippen molar-refractivity contribution in [2.45, 2.75) is 32.7 Å². The van der Waals surface area contributed by atoms with E-state index in [9.17, 15) is 9.59 Å². The van der Waals surface area contributed by atoms with Gasteiger partial charge in [-0.3, -0.25) is 9.59 Å². The molecule has 0 radical (unpaired) electrons. The van der Waals surface area contributed by atoms with Crippen molar-refractivity contribution in [1.82, 2.24) is 9.80 Å². The minimum Gasteiger partial charge on any atom is -0.333 e. The minimum atomic E-state index is -0.150. The number of hydrogen-bond acceptors (Lipinski definition) is 4. The first-order chi connectivity index (χ1) is 15.4. The number of rotatable bonds is 7. The first-order valence-corrected chi connectivity index (χ1v) is 13.0. The topological polar surface area (TPSA) is 40.6 Å². The van der Waals surface area contributed by atoms with Crippen LogP contribution in [0, 0.1) is 5.92 Å². The number of halogens is 1. The third kappa shape index (κ3) is 5.25. The Morgan fingerprint density at radius 1 is 1.12 bits per heavy atom. The van der Waals surface area contributed by atoms with E-state index in [0.29, 0.717) is 24.5 Å². The zero-order chi connectivity index (χ0) is 22.7. The molecule has 0 bridgehead atoms. The van der Waals surface area contributed by atoms with Crippen molar-refractivity contribution in [3.05, 3.63) is 79.1 Å². The lowest BCUT2D eigenvalue weighted by Crippen LogP contribution is -2.47. The number of nitrogens with zero attached hydrogens (tertiary/aromatic N) is 2. The summed E-state index contributed by atoms with van der Waals surface area (Å²) in [6, 6.07) is 13.6. The van der Waals surface area contributed by atoms with Crippen molar-refractivity contribution in [3.8, 4) is 0 Å². The molecule has 2 amide bonds. The van der Waals surface area contributed by atoms with E-state index in [1.807, 2.05) is 46.7 Å². The zero-order valence-corrected chi connectivity index (χ0v) is 20.7. The SMILES string of the molecule is CC(C)CN(CC(=O)N1CCc2sccc2C1c1ccc(Cl)cc1)C(=O)Cc1cccs1. The predicted octanol–water partition coefficient (Wildman–Crippen LogP) is 5.66. The molecule has 0 saturated heterocycles. The number of fused-ring (bicyclic) bond motifs is 1. The third-order valence-electron chi connectivity index (χ3n) is 5.64. The summed E-state index contributed by atoms with van der Waals surface area (Å²) in [5.41, 5.74) is 2.22. The first-order valence-electron chi connectivity index (χ1n) is 10.8.